The van der Waals surface area contributed by atoms with Gasteiger partial charge in [-0.3, -0.25) is 4.98 Å². The third-order valence-corrected chi connectivity index (χ3v) is 5.86. The third-order valence-electron chi connectivity index (χ3n) is 4.44. The highest BCUT2D eigenvalue weighted by Gasteiger charge is 2.36. The summed E-state index contributed by atoms with van der Waals surface area (Å²) in [6.07, 6.45) is 8.12. The molecule has 0 saturated heterocycles. The molecule has 1 unspecified atom stereocenters. The van der Waals surface area contributed by atoms with Crippen LogP contribution >= 0.6 is 11.8 Å². The highest BCUT2D eigenvalue weighted by atomic mass is 32.2. The summed E-state index contributed by atoms with van der Waals surface area (Å²) < 4.78 is 0.432. The fraction of sp³-hybridized carbons (Fsp3) is 0.389. The SMILES string of the molecule is CSC1(CNC(c2ccccc2)c2ccccn2)CCC1. The van der Waals surface area contributed by atoms with Gasteiger partial charge in [0.05, 0.1) is 11.7 Å². The Morgan fingerprint density at radius 2 is 1.90 bits per heavy atom. The lowest BCUT2D eigenvalue weighted by molar-refractivity contribution is 0.337. The molecule has 1 aromatic heterocycles. The van der Waals surface area contributed by atoms with Crippen molar-refractivity contribution in [1.29, 1.82) is 0 Å². The molecule has 1 aliphatic carbocycles. The van der Waals surface area contributed by atoms with Crippen molar-refractivity contribution >= 4 is 11.8 Å². The number of nitrogens with one attached hydrogen (secondary N) is 1. The lowest BCUT2D eigenvalue weighted by Gasteiger charge is -2.41. The first-order valence-corrected chi connectivity index (χ1v) is 8.80. The smallest absolute Gasteiger partial charge is 0.0751 e. The van der Waals surface area contributed by atoms with Gasteiger partial charge in [-0.2, -0.15) is 11.8 Å². The average molecular weight is 298 g/mol. The summed E-state index contributed by atoms with van der Waals surface area (Å²) in [6, 6.07) is 16.9. The monoisotopic (exact) mass is 298 g/mol. The van der Waals surface area contributed by atoms with Crippen LogP contribution in [0.2, 0.25) is 0 Å². The first-order chi connectivity index (χ1) is 10.3. The Hall–Kier alpha value is -1.32. The van der Waals surface area contributed by atoms with Crippen LogP contribution in [0.25, 0.3) is 0 Å². The molecule has 1 aromatic carbocycles. The summed E-state index contributed by atoms with van der Waals surface area (Å²) >= 11 is 2.01. The first-order valence-electron chi connectivity index (χ1n) is 7.57. The molecule has 0 bridgehead atoms. The van der Waals surface area contributed by atoms with E-state index in [9.17, 15) is 0 Å². The van der Waals surface area contributed by atoms with Gasteiger partial charge in [0.25, 0.3) is 0 Å². The zero-order chi connectivity index (χ0) is 14.5. The van der Waals surface area contributed by atoms with Crippen molar-refractivity contribution in [3.05, 3.63) is 66.0 Å². The van der Waals surface area contributed by atoms with E-state index in [1.165, 1.54) is 24.8 Å². The number of benzene rings is 1. The second-order valence-electron chi connectivity index (χ2n) is 5.72. The normalized spacial score (nSPS) is 18.0. The minimum Gasteiger partial charge on any atom is -0.304 e. The van der Waals surface area contributed by atoms with Crippen molar-refractivity contribution in [2.24, 2.45) is 0 Å². The summed E-state index contributed by atoms with van der Waals surface area (Å²) in [5, 5.41) is 3.76. The molecule has 1 N–H and O–H groups in total. The summed E-state index contributed by atoms with van der Waals surface area (Å²) in [5.74, 6) is 0. The minimum absolute atomic E-state index is 0.178. The first kappa shape index (κ1) is 14.6. The summed E-state index contributed by atoms with van der Waals surface area (Å²) in [7, 11) is 0. The molecule has 3 heteroatoms. The number of hydrogen-bond donors (Lipinski definition) is 1. The van der Waals surface area contributed by atoms with Crippen LogP contribution in [-0.4, -0.2) is 22.5 Å². The van der Waals surface area contributed by atoms with Crippen molar-refractivity contribution in [2.75, 3.05) is 12.8 Å². The molecule has 21 heavy (non-hydrogen) atoms. The Bertz CT molecular complexity index is 507. The number of hydrogen-bond acceptors (Lipinski definition) is 3. The summed E-state index contributed by atoms with van der Waals surface area (Å²) in [5.41, 5.74) is 2.38. The number of thioether (sulfide) groups is 1. The quantitative estimate of drug-likeness (QED) is 0.871. The van der Waals surface area contributed by atoms with E-state index in [0.717, 1.165) is 12.2 Å². The molecule has 0 radical (unpaired) electrons. The van der Waals surface area contributed by atoms with Gasteiger partial charge in [0, 0.05) is 17.5 Å². The molecular weight excluding hydrogens is 276 g/mol. The molecule has 1 aliphatic rings. The fourth-order valence-corrected chi connectivity index (χ4v) is 3.82. The number of pyridine rings is 1. The second kappa shape index (κ2) is 6.63. The van der Waals surface area contributed by atoms with Crippen molar-refractivity contribution in [2.45, 2.75) is 30.1 Å². The Morgan fingerprint density at radius 1 is 1.14 bits per heavy atom. The predicted octanol–water partition coefficient (Wildman–Crippen LogP) is 4.05. The molecule has 3 rings (SSSR count). The molecule has 1 saturated carbocycles. The topological polar surface area (TPSA) is 24.9 Å². The fourth-order valence-electron chi connectivity index (χ4n) is 2.90. The molecule has 2 nitrogen and oxygen atoms in total. The molecule has 0 amide bonds. The highest BCUT2D eigenvalue weighted by Crippen LogP contribution is 2.42. The Labute approximate surface area is 131 Å². The zero-order valence-corrected chi connectivity index (χ0v) is 13.3. The van der Waals surface area contributed by atoms with Crippen LogP contribution in [0.15, 0.2) is 54.7 Å². The van der Waals surface area contributed by atoms with E-state index in [4.69, 9.17) is 0 Å². The number of nitrogens with zero attached hydrogens (tertiary/aromatic N) is 1. The van der Waals surface area contributed by atoms with Gasteiger partial charge in [-0.1, -0.05) is 42.8 Å². The van der Waals surface area contributed by atoms with Crippen LogP contribution in [0.4, 0.5) is 0 Å². The number of rotatable bonds is 6. The lowest BCUT2D eigenvalue weighted by Crippen LogP contribution is -2.44. The van der Waals surface area contributed by atoms with Crippen LogP contribution in [-0.2, 0) is 0 Å². The van der Waals surface area contributed by atoms with E-state index in [-0.39, 0.29) is 6.04 Å². The molecule has 0 spiro atoms. The minimum atomic E-state index is 0.178. The van der Waals surface area contributed by atoms with Crippen LogP contribution in [0.1, 0.15) is 36.6 Å². The molecule has 0 aliphatic heterocycles. The van der Waals surface area contributed by atoms with Crippen LogP contribution in [0, 0.1) is 0 Å². The van der Waals surface area contributed by atoms with Gasteiger partial charge in [0.15, 0.2) is 0 Å². The molecule has 1 fully saturated rings. The van der Waals surface area contributed by atoms with Crippen LogP contribution < -0.4 is 5.32 Å². The number of aromatic nitrogens is 1. The molecule has 1 atom stereocenters. The Balaban J connectivity index is 1.80. The van der Waals surface area contributed by atoms with Gasteiger partial charge >= 0.3 is 0 Å². The Kier molecular flexibility index (Phi) is 4.61. The van der Waals surface area contributed by atoms with Crippen molar-refractivity contribution < 1.29 is 0 Å². The largest absolute Gasteiger partial charge is 0.304 e. The van der Waals surface area contributed by atoms with E-state index in [1.54, 1.807) is 0 Å². The van der Waals surface area contributed by atoms with Gasteiger partial charge < -0.3 is 5.32 Å². The van der Waals surface area contributed by atoms with E-state index in [2.05, 4.69) is 59.0 Å². The van der Waals surface area contributed by atoms with Gasteiger partial charge in [-0.05, 0) is 36.8 Å². The molecule has 110 valence electrons. The van der Waals surface area contributed by atoms with Gasteiger partial charge in [0.1, 0.15) is 0 Å². The third kappa shape index (κ3) is 3.30. The van der Waals surface area contributed by atoms with Gasteiger partial charge in [-0.25, -0.2) is 0 Å². The standard InChI is InChI=1S/C18H22N2S/c1-21-18(11-7-12-18)14-20-17(15-8-3-2-4-9-15)16-10-5-6-13-19-16/h2-6,8-10,13,17,20H,7,11-12,14H2,1H3. The maximum absolute atomic E-state index is 4.56. The van der Waals surface area contributed by atoms with Gasteiger partial charge in [0.2, 0.25) is 0 Å². The maximum Gasteiger partial charge on any atom is 0.0751 e. The van der Waals surface area contributed by atoms with Gasteiger partial charge in [-0.15, -0.1) is 0 Å². The van der Waals surface area contributed by atoms with Crippen LogP contribution in [0.3, 0.4) is 0 Å². The molecule has 2 aromatic rings. The van der Waals surface area contributed by atoms with Crippen molar-refractivity contribution in [3.63, 3.8) is 0 Å². The van der Waals surface area contributed by atoms with Crippen molar-refractivity contribution in [1.82, 2.24) is 10.3 Å². The maximum atomic E-state index is 4.56. The van der Waals surface area contributed by atoms with Crippen LogP contribution in [0.5, 0.6) is 0 Å². The molecular formula is C18H22N2S. The Morgan fingerprint density at radius 3 is 2.48 bits per heavy atom. The summed E-state index contributed by atoms with van der Waals surface area (Å²) in [4.78, 5) is 4.56. The van der Waals surface area contributed by atoms with E-state index in [1.807, 2.05) is 24.0 Å². The van der Waals surface area contributed by atoms with E-state index in [0.29, 0.717) is 4.75 Å². The van der Waals surface area contributed by atoms with E-state index >= 15 is 0 Å². The average Bonchev–Trinajstić information content (AvgIpc) is 2.52. The lowest BCUT2D eigenvalue weighted by atomic mass is 9.84. The van der Waals surface area contributed by atoms with E-state index < -0.39 is 0 Å². The summed E-state index contributed by atoms with van der Waals surface area (Å²) in [6.45, 7) is 1.05. The highest BCUT2D eigenvalue weighted by molar-refractivity contribution is 8.00. The zero-order valence-electron chi connectivity index (χ0n) is 12.5. The predicted molar refractivity (Wildman–Crippen MR) is 90.6 cm³/mol. The molecule has 1 heterocycles. The van der Waals surface area contributed by atoms with Crippen molar-refractivity contribution in [3.8, 4) is 0 Å². The second-order valence-corrected chi connectivity index (χ2v) is 6.99.